The lowest BCUT2D eigenvalue weighted by Gasteiger charge is -2.25. The molecular formula is C26H27N3O4. The van der Waals surface area contributed by atoms with Crippen molar-refractivity contribution < 1.29 is 19.1 Å². The summed E-state index contributed by atoms with van der Waals surface area (Å²) in [6.45, 7) is 7.52. The van der Waals surface area contributed by atoms with Crippen molar-refractivity contribution in [3.05, 3.63) is 77.1 Å². The van der Waals surface area contributed by atoms with E-state index in [1.807, 2.05) is 38.2 Å². The van der Waals surface area contributed by atoms with Gasteiger partial charge in [-0.05, 0) is 76.1 Å². The van der Waals surface area contributed by atoms with Crippen molar-refractivity contribution in [2.45, 2.75) is 34.1 Å². The van der Waals surface area contributed by atoms with Gasteiger partial charge < -0.3 is 9.64 Å². The van der Waals surface area contributed by atoms with E-state index in [1.165, 1.54) is 0 Å². The SMILES string of the molecule is CCOC(=O)[C@]1(C)CCN(C(=O)c2ccc(-n3ccc(C)n3)cc2C)c2ccccc2C1=O. The van der Waals surface area contributed by atoms with Crippen molar-refractivity contribution in [2.24, 2.45) is 5.41 Å². The number of aryl methyl sites for hydroxylation is 2. The van der Waals surface area contributed by atoms with Gasteiger partial charge in [-0.3, -0.25) is 14.4 Å². The molecule has 1 atom stereocenters. The molecule has 1 aliphatic rings. The fraction of sp³-hybridized carbons (Fsp3) is 0.308. The minimum atomic E-state index is -1.35. The number of ketones is 1. The molecule has 0 bridgehead atoms. The lowest BCUT2D eigenvalue weighted by Crippen LogP contribution is -2.39. The fourth-order valence-electron chi connectivity index (χ4n) is 4.20. The molecule has 4 rings (SSSR count). The third kappa shape index (κ3) is 3.95. The molecule has 0 unspecified atom stereocenters. The van der Waals surface area contributed by atoms with Crippen LogP contribution in [0.4, 0.5) is 5.69 Å². The van der Waals surface area contributed by atoms with E-state index in [4.69, 9.17) is 4.74 Å². The summed E-state index contributed by atoms with van der Waals surface area (Å²) in [5.41, 5.74) is 2.60. The average molecular weight is 446 g/mol. The second-order valence-corrected chi connectivity index (χ2v) is 8.51. The number of benzene rings is 2. The Morgan fingerprint density at radius 2 is 1.88 bits per heavy atom. The Bertz CT molecular complexity index is 1250. The zero-order chi connectivity index (χ0) is 23.8. The maximum absolute atomic E-state index is 13.7. The Labute approximate surface area is 193 Å². The van der Waals surface area contributed by atoms with Crippen molar-refractivity contribution >= 4 is 23.3 Å². The molecule has 3 aromatic rings. The van der Waals surface area contributed by atoms with Gasteiger partial charge in [0.1, 0.15) is 5.41 Å². The number of esters is 1. The molecule has 170 valence electrons. The summed E-state index contributed by atoms with van der Waals surface area (Å²) in [7, 11) is 0. The number of carbonyl (C=O) groups is 3. The summed E-state index contributed by atoms with van der Waals surface area (Å²) in [5.74, 6) is -1.11. The second-order valence-electron chi connectivity index (χ2n) is 8.51. The molecule has 0 fully saturated rings. The normalized spacial score (nSPS) is 17.9. The van der Waals surface area contributed by atoms with Crippen LogP contribution >= 0.6 is 0 Å². The molecule has 0 aliphatic carbocycles. The van der Waals surface area contributed by atoms with Gasteiger partial charge >= 0.3 is 5.97 Å². The number of hydrogen-bond donors (Lipinski definition) is 0. The highest BCUT2D eigenvalue weighted by Crippen LogP contribution is 2.37. The number of rotatable bonds is 4. The monoisotopic (exact) mass is 445 g/mol. The Balaban J connectivity index is 1.72. The number of anilines is 1. The third-order valence-electron chi connectivity index (χ3n) is 6.17. The van der Waals surface area contributed by atoms with Gasteiger partial charge in [0.2, 0.25) is 0 Å². The number of Topliss-reactive ketones (excluding diaryl/α,β-unsaturated/α-hetero) is 1. The van der Waals surface area contributed by atoms with Crippen molar-refractivity contribution in [3.8, 4) is 5.69 Å². The predicted octanol–water partition coefficient (Wildman–Crippen LogP) is 4.29. The summed E-state index contributed by atoms with van der Waals surface area (Å²) >= 11 is 0. The van der Waals surface area contributed by atoms with E-state index >= 15 is 0 Å². The first-order chi connectivity index (χ1) is 15.8. The third-order valence-corrected chi connectivity index (χ3v) is 6.17. The van der Waals surface area contributed by atoms with Crippen molar-refractivity contribution in [2.75, 3.05) is 18.1 Å². The topological polar surface area (TPSA) is 81.5 Å². The Morgan fingerprint density at radius 1 is 1.12 bits per heavy atom. The number of nitrogens with zero attached hydrogens (tertiary/aromatic N) is 3. The molecule has 1 amide bonds. The smallest absolute Gasteiger partial charge is 0.319 e. The van der Waals surface area contributed by atoms with Crippen LogP contribution in [0.25, 0.3) is 5.69 Å². The highest BCUT2D eigenvalue weighted by Gasteiger charge is 2.46. The number of ether oxygens (including phenoxy) is 1. The van der Waals surface area contributed by atoms with Gasteiger partial charge in [0.15, 0.2) is 5.78 Å². The summed E-state index contributed by atoms with van der Waals surface area (Å²) < 4.78 is 6.98. The number of para-hydroxylation sites is 1. The first-order valence-electron chi connectivity index (χ1n) is 11.0. The van der Waals surface area contributed by atoms with Crippen LogP contribution in [0, 0.1) is 19.3 Å². The molecule has 0 saturated carbocycles. The average Bonchev–Trinajstić information content (AvgIpc) is 3.20. The number of hydrogen-bond acceptors (Lipinski definition) is 5. The summed E-state index contributed by atoms with van der Waals surface area (Å²) in [4.78, 5) is 41.4. The molecule has 7 heteroatoms. The standard InChI is InChI=1S/C26H27N3O4/c1-5-33-25(32)26(4)13-15-28(22-9-7-6-8-21(22)23(26)30)24(31)20-11-10-19(16-17(20)2)29-14-12-18(3)27-29/h6-12,14,16H,5,13,15H2,1-4H3/t26-/m1/s1. The van der Waals surface area contributed by atoms with Gasteiger partial charge in [-0.15, -0.1) is 0 Å². The number of fused-ring (bicyclic) bond motifs is 1. The van der Waals surface area contributed by atoms with Gasteiger partial charge in [-0.1, -0.05) is 12.1 Å². The molecular weight excluding hydrogens is 418 g/mol. The maximum atomic E-state index is 13.7. The van der Waals surface area contributed by atoms with E-state index in [9.17, 15) is 14.4 Å². The lowest BCUT2D eigenvalue weighted by molar-refractivity contribution is -0.151. The second kappa shape index (κ2) is 8.65. The van der Waals surface area contributed by atoms with Crippen LogP contribution < -0.4 is 4.90 Å². The zero-order valence-electron chi connectivity index (χ0n) is 19.3. The van der Waals surface area contributed by atoms with Crippen LogP contribution in [-0.2, 0) is 9.53 Å². The van der Waals surface area contributed by atoms with Crippen molar-refractivity contribution in [1.82, 2.24) is 9.78 Å². The van der Waals surface area contributed by atoms with Gasteiger partial charge in [0.25, 0.3) is 5.91 Å². The van der Waals surface area contributed by atoms with E-state index < -0.39 is 11.4 Å². The van der Waals surface area contributed by atoms with Crippen LogP contribution in [0.3, 0.4) is 0 Å². The first kappa shape index (κ1) is 22.5. The molecule has 2 heterocycles. The lowest BCUT2D eigenvalue weighted by atomic mass is 9.80. The quantitative estimate of drug-likeness (QED) is 0.442. The van der Waals surface area contributed by atoms with Crippen LogP contribution in [0.1, 0.15) is 52.2 Å². The largest absolute Gasteiger partial charge is 0.465 e. The maximum Gasteiger partial charge on any atom is 0.319 e. The minimum Gasteiger partial charge on any atom is -0.465 e. The molecule has 0 spiro atoms. The Hall–Kier alpha value is -3.74. The van der Waals surface area contributed by atoms with Crippen LogP contribution in [0.5, 0.6) is 0 Å². The van der Waals surface area contributed by atoms with Gasteiger partial charge in [-0.25, -0.2) is 4.68 Å². The van der Waals surface area contributed by atoms with E-state index in [0.29, 0.717) is 16.8 Å². The molecule has 0 radical (unpaired) electrons. The van der Waals surface area contributed by atoms with Gasteiger partial charge in [0.05, 0.1) is 23.7 Å². The highest BCUT2D eigenvalue weighted by molar-refractivity contribution is 6.18. The molecule has 1 aliphatic heterocycles. The van der Waals surface area contributed by atoms with Crippen molar-refractivity contribution in [1.29, 1.82) is 0 Å². The predicted molar refractivity (Wildman–Crippen MR) is 125 cm³/mol. The number of carbonyl (C=O) groups excluding carboxylic acids is 3. The molecule has 2 aromatic carbocycles. The van der Waals surface area contributed by atoms with Crippen molar-refractivity contribution in [3.63, 3.8) is 0 Å². The molecule has 0 N–H and O–H groups in total. The molecule has 0 saturated heterocycles. The number of amides is 1. The van der Waals surface area contributed by atoms with E-state index in [2.05, 4.69) is 5.10 Å². The van der Waals surface area contributed by atoms with Crippen LogP contribution in [0.15, 0.2) is 54.7 Å². The molecule has 7 nitrogen and oxygen atoms in total. The summed E-state index contributed by atoms with van der Waals surface area (Å²) in [6, 6.07) is 14.4. The minimum absolute atomic E-state index is 0.175. The fourth-order valence-corrected chi connectivity index (χ4v) is 4.20. The summed E-state index contributed by atoms with van der Waals surface area (Å²) in [5, 5.41) is 4.42. The van der Waals surface area contributed by atoms with Gasteiger partial charge in [0, 0.05) is 23.9 Å². The van der Waals surface area contributed by atoms with E-state index in [0.717, 1.165) is 16.9 Å². The zero-order valence-corrected chi connectivity index (χ0v) is 19.3. The Kier molecular flexibility index (Phi) is 5.89. The van der Waals surface area contributed by atoms with Gasteiger partial charge in [-0.2, -0.15) is 5.10 Å². The number of aromatic nitrogens is 2. The first-order valence-corrected chi connectivity index (χ1v) is 11.0. The van der Waals surface area contributed by atoms with Crippen LogP contribution in [0.2, 0.25) is 0 Å². The summed E-state index contributed by atoms with van der Waals surface area (Å²) in [6.07, 6.45) is 2.05. The highest BCUT2D eigenvalue weighted by atomic mass is 16.5. The van der Waals surface area contributed by atoms with Crippen LogP contribution in [-0.4, -0.2) is 40.6 Å². The van der Waals surface area contributed by atoms with E-state index in [1.54, 1.807) is 53.8 Å². The Morgan fingerprint density at radius 3 is 2.55 bits per heavy atom. The molecule has 33 heavy (non-hydrogen) atoms. The molecule has 1 aromatic heterocycles. The van der Waals surface area contributed by atoms with E-state index in [-0.39, 0.29) is 31.3 Å².